The Balaban J connectivity index is 1.99. The monoisotopic (exact) mass is 363 g/mol. The van der Waals surface area contributed by atoms with Crippen LogP contribution in [-0.4, -0.2) is 35.0 Å². The molecule has 0 amide bonds. The smallest absolute Gasteiger partial charge is 0.244 e. The van der Waals surface area contributed by atoms with Crippen molar-refractivity contribution in [3.8, 4) is 0 Å². The Hall–Kier alpha value is -1.17. The summed E-state index contributed by atoms with van der Waals surface area (Å²) in [7, 11) is -3.62. The van der Waals surface area contributed by atoms with E-state index in [4.69, 9.17) is 0 Å². The predicted molar refractivity (Wildman–Crippen MR) is 99.9 cm³/mol. The van der Waals surface area contributed by atoms with Crippen LogP contribution in [0.5, 0.6) is 0 Å². The zero-order chi connectivity index (χ0) is 18.3. The van der Waals surface area contributed by atoms with Crippen molar-refractivity contribution in [2.45, 2.75) is 80.9 Å². The lowest BCUT2D eigenvalue weighted by molar-refractivity contribution is -0.00279. The Labute approximate surface area is 151 Å². The lowest BCUT2D eigenvalue weighted by Gasteiger charge is -2.33. The molecule has 1 saturated carbocycles. The minimum Gasteiger partial charge on any atom is -0.388 e. The van der Waals surface area contributed by atoms with Crippen molar-refractivity contribution in [2.24, 2.45) is 0 Å². The number of sulfonamides is 1. The van der Waals surface area contributed by atoms with E-state index in [1.54, 1.807) is 22.5 Å². The van der Waals surface area contributed by atoms with Gasteiger partial charge in [-0.25, -0.2) is 8.42 Å². The lowest BCUT2D eigenvalue weighted by Crippen LogP contribution is -2.43. The maximum Gasteiger partial charge on any atom is 0.244 e. The summed E-state index contributed by atoms with van der Waals surface area (Å²) in [5, 5.41) is 11.3. The van der Waals surface area contributed by atoms with E-state index < -0.39 is 21.2 Å². The molecule has 0 radical (unpaired) electrons. The summed E-state index contributed by atoms with van der Waals surface area (Å²) in [6, 6.07) is 6.65. The van der Waals surface area contributed by atoms with Gasteiger partial charge in [-0.05, 0) is 51.2 Å². The van der Waals surface area contributed by atoms with Crippen molar-refractivity contribution < 1.29 is 13.5 Å². The molecule has 138 valence electrons. The van der Waals surface area contributed by atoms with Gasteiger partial charge in [-0.1, -0.05) is 43.5 Å². The van der Waals surface area contributed by atoms with Crippen LogP contribution in [0.3, 0.4) is 0 Å². The summed E-state index contributed by atoms with van der Waals surface area (Å²) in [4.78, 5) is 0.314. The second-order valence-corrected chi connectivity index (χ2v) is 9.49. The number of nitrogens with zero attached hydrogens (tertiary/aromatic N) is 1. The Bertz CT molecular complexity index is 743. The van der Waals surface area contributed by atoms with E-state index in [0.29, 0.717) is 24.2 Å². The van der Waals surface area contributed by atoms with Gasteiger partial charge in [0.1, 0.15) is 0 Å². The molecule has 25 heavy (non-hydrogen) atoms. The van der Waals surface area contributed by atoms with Gasteiger partial charge in [0, 0.05) is 0 Å². The zero-order valence-corrected chi connectivity index (χ0v) is 16.1. The zero-order valence-electron chi connectivity index (χ0n) is 15.2. The van der Waals surface area contributed by atoms with Gasteiger partial charge in [0.25, 0.3) is 0 Å². The normalized spacial score (nSPS) is 34.4. The van der Waals surface area contributed by atoms with Gasteiger partial charge >= 0.3 is 0 Å². The molecule has 1 aliphatic heterocycles. The predicted octanol–water partition coefficient (Wildman–Crippen LogP) is 3.79. The number of aliphatic hydroxyl groups is 1. The van der Waals surface area contributed by atoms with E-state index >= 15 is 0 Å². The Morgan fingerprint density at radius 3 is 2.60 bits per heavy atom. The largest absolute Gasteiger partial charge is 0.388 e. The standard InChI is InChI=1S/C20H29NO3S/c1-4-6-14-20(22)15-7-13-19(12-5-2)18(20)21(19)25(23,24)17-10-8-16(3)9-11-17/h5,8-11,18,22H,2,4,6-7,12-15H2,1,3H3/t18-,19-,20+,21?/m0/s1. The molecule has 1 aliphatic carbocycles. The highest BCUT2D eigenvalue weighted by Gasteiger charge is 2.74. The third kappa shape index (κ3) is 2.96. The molecule has 4 nitrogen and oxygen atoms in total. The molecule has 5 heteroatoms. The Morgan fingerprint density at radius 1 is 1.32 bits per heavy atom. The van der Waals surface area contributed by atoms with Gasteiger partial charge in [0.15, 0.2) is 0 Å². The molecular formula is C20H29NO3S. The minimum atomic E-state index is -3.62. The Kier molecular flexibility index (Phi) is 4.86. The number of fused-ring (bicyclic) bond motifs is 1. The molecule has 1 aromatic rings. The number of aryl methyl sites for hydroxylation is 1. The van der Waals surface area contributed by atoms with Gasteiger partial charge in [-0.3, -0.25) is 0 Å². The number of hydrogen-bond donors (Lipinski definition) is 1. The summed E-state index contributed by atoms with van der Waals surface area (Å²) in [5.74, 6) is 0. The van der Waals surface area contributed by atoms with Crippen molar-refractivity contribution in [3.05, 3.63) is 42.5 Å². The van der Waals surface area contributed by atoms with Gasteiger partial charge in [-0.15, -0.1) is 6.58 Å². The number of hydrogen-bond acceptors (Lipinski definition) is 3. The van der Waals surface area contributed by atoms with E-state index in [9.17, 15) is 13.5 Å². The van der Waals surface area contributed by atoms with Gasteiger partial charge in [0.2, 0.25) is 10.0 Å². The van der Waals surface area contributed by atoms with Crippen LogP contribution in [0.1, 0.15) is 57.4 Å². The van der Waals surface area contributed by atoms with E-state index in [2.05, 4.69) is 13.5 Å². The first kappa shape index (κ1) is 18.6. The number of benzene rings is 1. The van der Waals surface area contributed by atoms with Crippen molar-refractivity contribution in [2.75, 3.05) is 0 Å². The minimum absolute atomic E-state index is 0.314. The van der Waals surface area contributed by atoms with Crippen LogP contribution < -0.4 is 0 Å². The molecule has 2 fully saturated rings. The summed E-state index contributed by atoms with van der Waals surface area (Å²) >= 11 is 0. The van der Waals surface area contributed by atoms with Crippen LogP contribution in [0.4, 0.5) is 0 Å². The van der Waals surface area contributed by atoms with Crippen LogP contribution >= 0.6 is 0 Å². The molecule has 0 bridgehead atoms. The van der Waals surface area contributed by atoms with Crippen LogP contribution in [0.2, 0.25) is 0 Å². The van der Waals surface area contributed by atoms with Crippen molar-refractivity contribution >= 4 is 10.0 Å². The second-order valence-electron chi connectivity index (χ2n) is 7.67. The Morgan fingerprint density at radius 2 is 2.00 bits per heavy atom. The third-order valence-corrected chi connectivity index (χ3v) is 7.84. The first-order valence-electron chi connectivity index (χ1n) is 9.26. The molecule has 1 heterocycles. The topological polar surface area (TPSA) is 57.4 Å². The molecule has 1 unspecified atom stereocenters. The van der Waals surface area contributed by atoms with E-state index in [0.717, 1.165) is 31.2 Å². The SMILES string of the molecule is C=CC[C@]12CCC[C@](O)(CCCC)[C@H]1N2S(=O)(=O)c1ccc(C)cc1. The summed E-state index contributed by atoms with van der Waals surface area (Å²) in [6.45, 7) is 7.87. The average molecular weight is 364 g/mol. The molecule has 2 aliphatic rings. The van der Waals surface area contributed by atoms with Crippen molar-refractivity contribution in [3.63, 3.8) is 0 Å². The summed E-state index contributed by atoms with van der Waals surface area (Å²) in [5.41, 5.74) is -0.385. The van der Waals surface area contributed by atoms with Crippen molar-refractivity contribution in [1.82, 2.24) is 4.31 Å². The number of rotatable bonds is 7. The van der Waals surface area contributed by atoms with E-state index in [-0.39, 0.29) is 6.04 Å². The fraction of sp³-hybridized carbons (Fsp3) is 0.600. The van der Waals surface area contributed by atoms with Crippen LogP contribution in [0.25, 0.3) is 0 Å². The van der Waals surface area contributed by atoms with Gasteiger partial charge in [0.05, 0.1) is 22.1 Å². The molecule has 0 aromatic heterocycles. The molecule has 4 atom stereocenters. The fourth-order valence-electron chi connectivity index (χ4n) is 4.65. The highest BCUT2D eigenvalue weighted by Crippen LogP contribution is 2.60. The van der Waals surface area contributed by atoms with Crippen molar-refractivity contribution in [1.29, 1.82) is 0 Å². The van der Waals surface area contributed by atoms with Crippen LogP contribution in [0, 0.1) is 6.92 Å². The maximum atomic E-state index is 13.3. The van der Waals surface area contributed by atoms with E-state index in [1.165, 1.54) is 0 Å². The molecule has 3 rings (SSSR count). The average Bonchev–Trinajstić information content (AvgIpc) is 3.25. The first-order chi connectivity index (χ1) is 11.8. The molecule has 1 saturated heterocycles. The summed E-state index contributed by atoms with van der Waals surface area (Å²) < 4.78 is 28.2. The van der Waals surface area contributed by atoms with Crippen LogP contribution in [-0.2, 0) is 10.0 Å². The summed E-state index contributed by atoms with van der Waals surface area (Å²) in [6.07, 6.45) is 7.28. The fourth-order valence-corrected chi connectivity index (χ4v) is 6.72. The number of unbranched alkanes of at least 4 members (excludes halogenated alkanes) is 1. The molecule has 1 aromatic carbocycles. The van der Waals surface area contributed by atoms with Gasteiger partial charge in [-0.2, -0.15) is 4.31 Å². The quantitative estimate of drug-likeness (QED) is 0.592. The molecule has 1 N–H and O–H groups in total. The molecule has 0 spiro atoms. The maximum absolute atomic E-state index is 13.3. The third-order valence-electron chi connectivity index (χ3n) is 5.88. The lowest BCUT2D eigenvalue weighted by atomic mass is 9.74. The molecular weight excluding hydrogens is 334 g/mol. The van der Waals surface area contributed by atoms with Gasteiger partial charge < -0.3 is 5.11 Å². The van der Waals surface area contributed by atoms with Crippen LogP contribution in [0.15, 0.2) is 41.8 Å². The van der Waals surface area contributed by atoms with E-state index in [1.807, 2.05) is 19.1 Å². The first-order valence-corrected chi connectivity index (χ1v) is 10.7. The highest BCUT2D eigenvalue weighted by atomic mass is 32.2. The second kappa shape index (κ2) is 6.53. The highest BCUT2D eigenvalue weighted by molar-refractivity contribution is 7.89.